The second-order valence-corrected chi connectivity index (χ2v) is 5.91. The first-order chi connectivity index (χ1) is 13.1. The molecule has 0 amide bonds. The zero-order chi connectivity index (χ0) is 18.8. The molecular weight excluding hydrogens is 348 g/mol. The molecule has 7 nitrogen and oxygen atoms in total. The Morgan fingerprint density at radius 1 is 0.852 bits per heavy atom. The molecule has 1 aliphatic rings. The summed E-state index contributed by atoms with van der Waals surface area (Å²) < 4.78 is 15.7. The fourth-order valence-corrected chi connectivity index (χ4v) is 2.73. The molecule has 0 aliphatic carbocycles. The van der Waals surface area contributed by atoms with Gasteiger partial charge < -0.3 is 24.2 Å². The van der Waals surface area contributed by atoms with Crippen LogP contribution in [0.5, 0.6) is 17.2 Å². The lowest BCUT2D eigenvalue weighted by Gasteiger charge is -1.99. The molecule has 0 radical (unpaired) electrons. The van der Waals surface area contributed by atoms with Gasteiger partial charge in [0.05, 0.1) is 7.11 Å². The summed E-state index contributed by atoms with van der Waals surface area (Å²) >= 11 is 0. The SMILES string of the molecule is COc1ccc(/C=c2\[nH]c(=O)/c(=C/c3ccc4c(c3)OCO4)[nH]c2=O)cc1. The lowest BCUT2D eigenvalue weighted by atomic mass is 10.2. The molecule has 2 heterocycles. The molecule has 4 rings (SSSR count). The van der Waals surface area contributed by atoms with E-state index in [9.17, 15) is 9.59 Å². The van der Waals surface area contributed by atoms with E-state index in [1.54, 1.807) is 61.7 Å². The highest BCUT2D eigenvalue weighted by molar-refractivity contribution is 5.56. The van der Waals surface area contributed by atoms with Crippen molar-refractivity contribution in [2.75, 3.05) is 13.9 Å². The Morgan fingerprint density at radius 3 is 2.11 bits per heavy atom. The molecule has 3 aromatic rings. The maximum atomic E-state index is 12.4. The van der Waals surface area contributed by atoms with Crippen molar-refractivity contribution >= 4 is 12.2 Å². The number of fused-ring (bicyclic) bond motifs is 1. The van der Waals surface area contributed by atoms with E-state index in [1.165, 1.54) is 0 Å². The zero-order valence-corrected chi connectivity index (χ0v) is 14.4. The summed E-state index contributed by atoms with van der Waals surface area (Å²) in [6.07, 6.45) is 3.18. The monoisotopic (exact) mass is 364 g/mol. The topological polar surface area (TPSA) is 93.4 Å². The number of hydrogen-bond donors (Lipinski definition) is 2. The smallest absolute Gasteiger partial charge is 0.272 e. The molecule has 0 saturated carbocycles. The van der Waals surface area contributed by atoms with Gasteiger partial charge >= 0.3 is 0 Å². The Balaban J connectivity index is 1.74. The summed E-state index contributed by atoms with van der Waals surface area (Å²) in [5.41, 5.74) is 0.696. The Bertz CT molecular complexity index is 1220. The van der Waals surface area contributed by atoms with Gasteiger partial charge in [0.1, 0.15) is 16.4 Å². The Kier molecular flexibility index (Phi) is 4.25. The standard InChI is InChI=1S/C20H16N2O5/c1-25-14-5-2-12(3-6-14)8-15-19(23)22-16(20(24)21-15)9-13-4-7-17-18(10-13)27-11-26-17/h2-10H,11H2,1H3,(H,21,24)(H,22,23)/b15-8-,16-9-. The van der Waals surface area contributed by atoms with Crippen molar-refractivity contribution in [3.63, 3.8) is 0 Å². The lowest BCUT2D eigenvalue weighted by Crippen LogP contribution is -2.46. The highest BCUT2D eigenvalue weighted by atomic mass is 16.7. The fourth-order valence-electron chi connectivity index (χ4n) is 2.73. The molecule has 27 heavy (non-hydrogen) atoms. The van der Waals surface area contributed by atoms with E-state index in [0.29, 0.717) is 22.8 Å². The number of aromatic nitrogens is 2. The van der Waals surface area contributed by atoms with E-state index in [2.05, 4.69) is 9.97 Å². The molecule has 7 heteroatoms. The number of rotatable bonds is 3. The van der Waals surface area contributed by atoms with Gasteiger partial charge in [0.2, 0.25) is 6.79 Å². The van der Waals surface area contributed by atoms with Gasteiger partial charge in [0.25, 0.3) is 11.1 Å². The average Bonchev–Trinajstić information content (AvgIpc) is 3.14. The molecule has 0 spiro atoms. The average molecular weight is 364 g/mol. The van der Waals surface area contributed by atoms with Crippen molar-refractivity contribution in [3.8, 4) is 17.2 Å². The van der Waals surface area contributed by atoms with Crippen molar-refractivity contribution in [1.29, 1.82) is 0 Å². The van der Waals surface area contributed by atoms with E-state index < -0.39 is 11.1 Å². The molecule has 0 bridgehead atoms. The number of nitrogens with one attached hydrogen (secondary N) is 2. The number of hydrogen-bond acceptors (Lipinski definition) is 5. The van der Waals surface area contributed by atoms with E-state index in [0.717, 1.165) is 5.56 Å². The van der Waals surface area contributed by atoms with Gasteiger partial charge in [-0.2, -0.15) is 0 Å². The molecule has 2 N–H and O–H groups in total. The molecule has 136 valence electrons. The Hall–Kier alpha value is -3.74. The summed E-state index contributed by atoms with van der Waals surface area (Å²) in [6.45, 7) is 0.173. The third-order valence-corrected chi connectivity index (χ3v) is 4.12. The summed E-state index contributed by atoms with van der Waals surface area (Å²) in [4.78, 5) is 30.0. The molecular formula is C20H16N2O5. The number of benzene rings is 2. The quantitative estimate of drug-likeness (QED) is 0.704. The van der Waals surface area contributed by atoms with Crippen molar-refractivity contribution in [2.45, 2.75) is 0 Å². The first-order valence-electron chi connectivity index (χ1n) is 8.22. The zero-order valence-electron chi connectivity index (χ0n) is 14.4. The summed E-state index contributed by atoms with van der Waals surface area (Å²) in [7, 11) is 1.58. The van der Waals surface area contributed by atoms with Crippen molar-refractivity contribution < 1.29 is 14.2 Å². The molecule has 0 saturated heterocycles. The van der Waals surface area contributed by atoms with E-state index in [1.807, 2.05) is 0 Å². The van der Waals surface area contributed by atoms with Crippen molar-refractivity contribution in [2.24, 2.45) is 0 Å². The van der Waals surface area contributed by atoms with E-state index >= 15 is 0 Å². The van der Waals surface area contributed by atoms with Gasteiger partial charge in [-0.15, -0.1) is 0 Å². The minimum Gasteiger partial charge on any atom is -0.497 e. The highest BCUT2D eigenvalue weighted by Crippen LogP contribution is 2.32. The number of ether oxygens (including phenoxy) is 3. The molecule has 1 aromatic heterocycles. The summed E-state index contributed by atoms with van der Waals surface area (Å²) in [5.74, 6) is 1.97. The van der Waals surface area contributed by atoms with Gasteiger partial charge in [-0.05, 0) is 47.5 Å². The second-order valence-electron chi connectivity index (χ2n) is 5.91. The minimum atomic E-state index is -0.396. The number of aromatic amines is 2. The lowest BCUT2D eigenvalue weighted by molar-refractivity contribution is 0.174. The van der Waals surface area contributed by atoms with E-state index in [4.69, 9.17) is 14.2 Å². The van der Waals surface area contributed by atoms with Gasteiger partial charge in [-0.3, -0.25) is 9.59 Å². The van der Waals surface area contributed by atoms with Gasteiger partial charge in [-0.25, -0.2) is 0 Å². The van der Waals surface area contributed by atoms with Crippen molar-refractivity contribution in [1.82, 2.24) is 9.97 Å². The predicted molar refractivity (Wildman–Crippen MR) is 99.6 cm³/mol. The van der Waals surface area contributed by atoms with Gasteiger partial charge in [-0.1, -0.05) is 18.2 Å². The Morgan fingerprint density at radius 2 is 1.44 bits per heavy atom. The number of H-pyrrole nitrogens is 2. The van der Waals surface area contributed by atoms with Crippen LogP contribution in [-0.2, 0) is 0 Å². The highest BCUT2D eigenvalue weighted by Gasteiger charge is 2.12. The van der Waals surface area contributed by atoms with Crippen LogP contribution in [0.4, 0.5) is 0 Å². The van der Waals surface area contributed by atoms with Gasteiger partial charge in [0, 0.05) is 0 Å². The fraction of sp³-hybridized carbons (Fsp3) is 0.100. The van der Waals surface area contributed by atoms with Crippen LogP contribution in [0, 0.1) is 0 Å². The molecule has 2 aromatic carbocycles. The molecule has 1 aliphatic heterocycles. The van der Waals surface area contributed by atoms with Crippen LogP contribution < -0.4 is 36.0 Å². The van der Waals surface area contributed by atoms with Crippen LogP contribution in [-0.4, -0.2) is 23.9 Å². The van der Waals surface area contributed by atoms with E-state index in [-0.39, 0.29) is 17.5 Å². The summed E-state index contributed by atoms with van der Waals surface area (Å²) in [6, 6.07) is 12.4. The van der Waals surface area contributed by atoms with Crippen molar-refractivity contribution in [3.05, 3.63) is 85.0 Å². The number of methoxy groups -OCH3 is 1. The molecule has 0 unspecified atom stereocenters. The van der Waals surface area contributed by atoms with Crippen LogP contribution in [0.1, 0.15) is 11.1 Å². The first kappa shape index (κ1) is 16.7. The van der Waals surface area contributed by atoms with Crippen LogP contribution in [0.3, 0.4) is 0 Å². The Labute approximate surface area is 153 Å². The first-order valence-corrected chi connectivity index (χ1v) is 8.22. The predicted octanol–water partition coefficient (Wildman–Crippen LogP) is 0.458. The van der Waals surface area contributed by atoms with Gasteiger partial charge in [0.15, 0.2) is 11.5 Å². The normalized spacial score (nSPS) is 13.8. The summed E-state index contributed by atoms with van der Waals surface area (Å²) in [5, 5.41) is 0.332. The van der Waals surface area contributed by atoms with Crippen LogP contribution in [0.25, 0.3) is 12.2 Å². The molecule has 0 fully saturated rings. The molecule has 0 atom stereocenters. The largest absolute Gasteiger partial charge is 0.497 e. The van der Waals surface area contributed by atoms with Crippen LogP contribution in [0.2, 0.25) is 0 Å². The van der Waals surface area contributed by atoms with Crippen LogP contribution >= 0.6 is 0 Å². The maximum absolute atomic E-state index is 12.4. The van der Waals surface area contributed by atoms with Crippen LogP contribution in [0.15, 0.2) is 52.1 Å². The second kappa shape index (κ2) is 6.87. The third kappa shape index (κ3) is 3.48. The third-order valence-electron chi connectivity index (χ3n) is 4.12. The minimum absolute atomic E-state index is 0.158. The maximum Gasteiger partial charge on any atom is 0.272 e.